The van der Waals surface area contributed by atoms with Crippen LogP contribution in [0.25, 0.3) is 11.0 Å². The lowest BCUT2D eigenvalue weighted by molar-refractivity contribution is -0.121. The number of rotatable bonds is 4. The maximum atomic E-state index is 13.9. The van der Waals surface area contributed by atoms with Gasteiger partial charge >= 0.3 is 5.69 Å². The summed E-state index contributed by atoms with van der Waals surface area (Å²) in [5.74, 6) is -1.29. The highest BCUT2D eigenvalue weighted by atomic mass is 19.1. The molecular weight excluding hydrogens is 380 g/mol. The number of H-pyrrole nitrogens is 1. The highest BCUT2D eigenvalue weighted by Gasteiger charge is 2.29. The van der Waals surface area contributed by atoms with E-state index in [1.165, 1.54) is 25.3 Å². The molecule has 1 fully saturated rings. The van der Waals surface area contributed by atoms with Gasteiger partial charge < -0.3 is 15.0 Å². The van der Waals surface area contributed by atoms with Gasteiger partial charge in [0.1, 0.15) is 11.3 Å². The molecule has 0 aliphatic heterocycles. The van der Waals surface area contributed by atoms with Gasteiger partial charge in [-0.3, -0.25) is 9.36 Å². The third-order valence-electron chi connectivity index (χ3n) is 5.55. The number of amides is 1. The molecule has 1 aliphatic rings. The fraction of sp³-hybridized carbons (Fsp3) is 0.333. The lowest BCUT2D eigenvalue weighted by Gasteiger charge is -2.28. The summed E-state index contributed by atoms with van der Waals surface area (Å²) in [5, 5.41) is 2.74. The van der Waals surface area contributed by atoms with Gasteiger partial charge in [-0.15, -0.1) is 0 Å². The van der Waals surface area contributed by atoms with Crippen LogP contribution in [0, 0.1) is 17.6 Å². The molecule has 3 aromatic rings. The van der Waals surface area contributed by atoms with Crippen LogP contribution in [0.3, 0.4) is 0 Å². The smallest absolute Gasteiger partial charge is 0.326 e. The third kappa shape index (κ3) is 3.62. The van der Waals surface area contributed by atoms with Gasteiger partial charge in [-0.25, -0.2) is 13.6 Å². The fourth-order valence-corrected chi connectivity index (χ4v) is 4.06. The molecule has 0 radical (unpaired) electrons. The predicted octanol–water partition coefficient (Wildman–Crippen LogP) is 3.99. The summed E-state index contributed by atoms with van der Waals surface area (Å²) in [6.45, 7) is 0. The Labute approximate surface area is 165 Å². The van der Waals surface area contributed by atoms with Crippen molar-refractivity contribution in [1.29, 1.82) is 0 Å². The summed E-state index contributed by atoms with van der Waals surface area (Å²) >= 11 is 0. The van der Waals surface area contributed by atoms with Gasteiger partial charge in [0.25, 0.3) is 0 Å². The normalized spacial score (nSPS) is 19.3. The molecule has 1 saturated carbocycles. The van der Waals surface area contributed by atoms with E-state index in [9.17, 15) is 18.4 Å². The number of anilines is 1. The van der Waals surface area contributed by atoms with Crippen molar-refractivity contribution in [3.8, 4) is 5.75 Å². The monoisotopic (exact) mass is 401 g/mol. The van der Waals surface area contributed by atoms with Crippen LogP contribution in [0.1, 0.15) is 31.7 Å². The van der Waals surface area contributed by atoms with Crippen LogP contribution >= 0.6 is 0 Å². The average molecular weight is 401 g/mol. The van der Waals surface area contributed by atoms with Crippen molar-refractivity contribution in [2.24, 2.45) is 5.92 Å². The Balaban J connectivity index is 1.44. The lowest BCUT2D eigenvalue weighted by Crippen LogP contribution is -2.31. The Kier molecular flexibility index (Phi) is 5.08. The second-order valence-corrected chi connectivity index (χ2v) is 7.28. The molecule has 0 bridgehead atoms. The second-order valence-electron chi connectivity index (χ2n) is 7.28. The van der Waals surface area contributed by atoms with Crippen molar-refractivity contribution in [1.82, 2.24) is 9.55 Å². The molecule has 2 N–H and O–H groups in total. The van der Waals surface area contributed by atoms with Crippen molar-refractivity contribution in [3.05, 3.63) is 58.5 Å². The molecule has 0 atom stereocenters. The maximum absolute atomic E-state index is 13.9. The van der Waals surface area contributed by atoms with Gasteiger partial charge in [-0.1, -0.05) is 6.07 Å². The number of aromatic nitrogens is 2. The number of nitrogens with zero attached hydrogens (tertiary/aromatic N) is 1. The zero-order valence-electron chi connectivity index (χ0n) is 15.9. The lowest BCUT2D eigenvalue weighted by atomic mass is 9.85. The molecule has 1 aliphatic carbocycles. The Bertz CT molecular complexity index is 1110. The number of fused-ring (bicyclic) bond motifs is 1. The number of carbonyl (C=O) groups excluding carboxylic acids is 1. The summed E-state index contributed by atoms with van der Waals surface area (Å²) in [5.41, 5.74) is 0.779. The summed E-state index contributed by atoms with van der Waals surface area (Å²) < 4.78 is 34.2. The first kappa shape index (κ1) is 19.2. The Morgan fingerprint density at radius 2 is 1.90 bits per heavy atom. The Morgan fingerprint density at radius 3 is 2.59 bits per heavy atom. The van der Waals surface area contributed by atoms with Crippen molar-refractivity contribution in [3.63, 3.8) is 0 Å². The SMILES string of the molecule is COc1ccc(NC(=O)C2CCC(n3c(=O)[nH]c4c(F)cccc43)CC2)cc1F. The molecule has 4 rings (SSSR count). The number of benzene rings is 2. The third-order valence-corrected chi connectivity index (χ3v) is 5.55. The summed E-state index contributed by atoms with van der Waals surface area (Å²) in [7, 11) is 1.38. The number of hydrogen-bond donors (Lipinski definition) is 2. The number of imidazole rings is 1. The molecule has 8 heteroatoms. The molecule has 1 amide bonds. The molecule has 1 aromatic heterocycles. The molecule has 6 nitrogen and oxygen atoms in total. The highest BCUT2D eigenvalue weighted by Crippen LogP contribution is 2.34. The Morgan fingerprint density at radius 1 is 1.14 bits per heavy atom. The minimum absolute atomic E-state index is 0.0967. The van der Waals surface area contributed by atoms with E-state index in [1.54, 1.807) is 22.8 Å². The van der Waals surface area contributed by atoms with E-state index in [4.69, 9.17) is 4.74 Å². The van der Waals surface area contributed by atoms with Crippen molar-refractivity contribution >= 4 is 22.6 Å². The fourth-order valence-electron chi connectivity index (χ4n) is 4.06. The van der Waals surface area contributed by atoms with Crippen LogP contribution in [0.2, 0.25) is 0 Å². The molecule has 152 valence electrons. The number of halogens is 2. The number of para-hydroxylation sites is 1. The maximum Gasteiger partial charge on any atom is 0.326 e. The Hall–Kier alpha value is -3.16. The number of ether oxygens (including phenoxy) is 1. The topological polar surface area (TPSA) is 76.1 Å². The van der Waals surface area contributed by atoms with Crippen molar-refractivity contribution in [2.45, 2.75) is 31.7 Å². The number of methoxy groups -OCH3 is 1. The molecule has 0 spiro atoms. The second kappa shape index (κ2) is 7.69. The van der Waals surface area contributed by atoms with Crippen LogP contribution in [0.15, 0.2) is 41.2 Å². The van der Waals surface area contributed by atoms with E-state index >= 15 is 0 Å². The first-order chi connectivity index (χ1) is 14.0. The van der Waals surface area contributed by atoms with Gasteiger partial charge in [-0.2, -0.15) is 0 Å². The summed E-state index contributed by atoms with van der Waals surface area (Å²) in [4.78, 5) is 27.5. The minimum Gasteiger partial charge on any atom is -0.494 e. The average Bonchev–Trinajstić information content (AvgIpc) is 3.05. The van der Waals surface area contributed by atoms with Gasteiger partial charge in [0, 0.05) is 23.7 Å². The summed E-state index contributed by atoms with van der Waals surface area (Å²) in [6.07, 6.45) is 2.42. The van der Waals surface area contributed by atoms with Crippen molar-refractivity contribution in [2.75, 3.05) is 12.4 Å². The first-order valence-electron chi connectivity index (χ1n) is 9.51. The van der Waals surface area contributed by atoms with E-state index in [0.29, 0.717) is 36.9 Å². The number of hydrogen-bond acceptors (Lipinski definition) is 3. The zero-order chi connectivity index (χ0) is 20.5. The van der Waals surface area contributed by atoms with Gasteiger partial charge in [0.05, 0.1) is 12.6 Å². The van der Waals surface area contributed by atoms with Crippen molar-refractivity contribution < 1.29 is 18.3 Å². The van der Waals surface area contributed by atoms with Gasteiger partial charge in [-0.05, 0) is 49.9 Å². The van der Waals surface area contributed by atoms with E-state index in [-0.39, 0.29) is 34.8 Å². The molecule has 1 heterocycles. The number of carbonyl (C=O) groups is 1. The molecular formula is C21H21F2N3O3. The van der Waals surface area contributed by atoms with Crippen LogP contribution in [-0.4, -0.2) is 22.6 Å². The van der Waals surface area contributed by atoms with E-state index in [0.717, 1.165) is 0 Å². The van der Waals surface area contributed by atoms with E-state index in [2.05, 4.69) is 10.3 Å². The van der Waals surface area contributed by atoms with Crippen LogP contribution in [0.4, 0.5) is 14.5 Å². The molecule has 0 unspecified atom stereocenters. The van der Waals surface area contributed by atoms with Crippen LogP contribution in [0.5, 0.6) is 5.75 Å². The standard InChI is InChI=1S/C21H21F2N3O3/c1-29-18-10-7-13(11-16(18)23)24-20(27)12-5-8-14(9-6-12)26-17-4-2-3-15(22)19(17)25-21(26)28/h2-4,7,10-12,14H,5-6,8-9H2,1H3,(H,24,27)(H,25,28). The van der Waals surface area contributed by atoms with Gasteiger partial charge in [0.2, 0.25) is 5.91 Å². The largest absolute Gasteiger partial charge is 0.494 e. The summed E-state index contributed by atoms with van der Waals surface area (Å²) in [6, 6.07) is 8.78. The predicted molar refractivity (Wildman–Crippen MR) is 105 cm³/mol. The van der Waals surface area contributed by atoms with Crippen LogP contribution in [-0.2, 0) is 4.79 Å². The highest BCUT2D eigenvalue weighted by molar-refractivity contribution is 5.92. The number of nitrogens with one attached hydrogen (secondary N) is 2. The van der Waals surface area contributed by atoms with E-state index in [1.807, 2.05) is 0 Å². The van der Waals surface area contributed by atoms with E-state index < -0.39 is 11.6 Å². The molecule has 29 heavy (non-hydrogen) atoms. The van der Waals surface area contributed by atoms with Crippen LogP contribution < -0.4 is 15.7 Å². The first-order valence-corrected chi connectivity index (χ1v) is 9.51. The zero-order valence-corrected chi connectivity index (χ0v) is 15.9. The number of aromatic amines is 1. The quantitative estimate of drug-likeness (QED) is 0.694. The van der Waals surface area contributed by atoms with Gasteiger partial charge in [0.15, 0.2) is 11.6 Å². The molecule has 0 saturated heterocycles. The molecule has 2 aromatic carbocycles. The minimum atomic E-state index is -0.542.